The van der Waals surface area contributed by atoms with Crippen LogP contribution in [0.15, 0.2) is 81.7 Å². The second kappa shape index (κ2) is 13.8. The molecule has 2 unspecified atom stereocenters. The zero-order valence-corrected chi connectivity index (χ0v) is 24.1. The van der Waals surface area contributed by atoms with Gasteiger partial charge in [-0.25, -0.2) is 0 Å². The minimum Gasteiger partial charge on any atom is -0.483 e. The van der Waals surface area contributed by atoms with Gasteiger partial charge in [0.1, 0.15) is 11.8 Å². The number of benzene rings is 3. The van der Waals surface area contributed by atoms with Crippen molar-refractivity contribution in [2.45, 2.75) is 45.3 Å². The lowest BCUT2D eigenvalue weighted by Gasteiger charge is -2.32. The highest BCUT2D eigenvalue weighted by molar-refractivity contribution is 9.10. The van der Waals surface area contributed by atoms with Crippen LogP contribution in [0.5, 0.6) is 5.75 Å². The van der Waals surface area contributed by atoms with E-state index >= 15 is 0 Å². The van der Waals surface area contributed by atoms with Crippen molar-refractivity contribution >= 4 is 55.3 Å². The normalized spacial score (nSPS) is 12.5. The summed E-state index contributed by atoms with van der Waals surface area (Å²) in [6.45, 7) is 4.01. The highest BCUT2D eigenvalue weighted by Gasteiger charge is 2.31. The zero-order valence-electron chi connectivity index (χ0n) is 20.2. The average Bonchev–Trinajstić information content (AvgIpc) is 2.87. The largest absolute Gasteiger partial charge is 0.483 e. The predicted octanol–water partition coefficient (Wildman–Crippen LogP) is 6.80. The van der Waals surface area contributed by atoms with Crippen molar-refractivity contribution in [3.05, 3.63) is 97.9 Å². The van der Waals surface area contributed by atoms with E-state index in [1.165, 1.54) is 0 Å². The van der Waals surface area contributed by atoms with Crippen LogP contribution in [0.2, 0.25) is 5.02 Å². The van der Waals surface area contributed by atoms with E-state index in [2.05, 4.69) is 37.2 Å². The van der Waals surface area contributed by atoms with Crippen molar-refractivity contribution in [2.24, 2.45) is 0 Å². The molecular weight excluding hydrogens is 608 g/mol. The molecule has 8 heteroatoms. The molecule has 2 atom stereocenters. The molecule has 0 aliphatic carbocycles. The van der Waals surface area contributed by atoms with Crippen LogP contribution in [0.4, 0.5) is 0 Å². The molecule has 0 aromatic heterocycles. The molecule has 0 radical (unpaired) electrons. The Hall–Kier alpha value is -2.35. The number of hydrogen-bond donors (Lipinski definition) is 1. The summed E-state index contributed by atoms with van der Waals surface area (Å²) in [4.78, 5) is 28.7. The van der Waals surface area contributed by atoms with Crippen LogP contribution in [0.3, 0.4) is 0 Å². The van der Waals surface area contributed by atoms with Crippen molar-refractivity contribution in [2.75, 3.05) is 6.61 Å². The van der Waals surface area contributed by atoms with E-state index in [0.29, 0.717) is 21.7 Å². The van der Waals surface area contributed by atoms with Crippen molar-refractivity contribution in [3.63, 3.8) is 0 Å². The van der Waals surface area contributed by atoms with Crippen molar-refractivity contribution < 1.29 is 14.3 Å². The Morgan fingerprint density at radius 2 is 1.69 bits per heavy atom. The lowest BCUT2D eigenvalue weighted by molar-refractivity contribution is -0.143. The molecule has 0 saturated carbocycles. The molecular formula is C28H29Br2ClN2O3. The van der Waals surface area contributed by atoms with Gasteiger partial charge in [-0.2, -0.15) is 0 Å². The van der Waals surface area contributed by atoms with Gasteiger partial charge in [0.25, 0.3) is 5.91 Å². The molecule has 2 amide bonds. The highest BCUT2D eigenvalue weighted by Crippen LogP contribution is 2.28. The van der Waals surface area contributed by atoms with E-state index in [1.54, 1.807) is 23.1 Å². The maximum atomic E-state index is 13.6. The fraction of sp³-hybridized carbons (Fsp3) is 0.286. The van der Waals surface area contributed by atoms with Gasteiger partial charge in [-0.1, -0.05) is 76.9 Å². The number of hydrogen-bond acceptors (Lipinski definition) is 3. The first kappa shape index (κ1) is 28.2. The Labute approximate surface area is 234 Å². The Morgan fingerprint density at radius 3 is 2.33 bits per heavy atom. The second-order valence-corrected chi connectivity index (χ2v) is 10.7. The number of nitrogens with one attached hydrogen (secondary N) is 1. The number of rotatable bonds is 11. The summed E-state index contributed by atoms with van der Waals surface area (Å²) >= 11 is 12.9. The van der Waals surface area contributed by atoms with E-state index in [0.717, 1.165) is 22.0 Å². The Morgan fingerprint density at radius 1 is 1.00 bits per heavy atom. The van der Waals surface area contributed by atoms with Crippen LogP contribution in [0.1, 0.15) is 31.4 Å². The maximum Gasteiger partial charge on any atom is 0.261 e. The minimum atomic E-state index is -0.713. The van der Waals surface area contributed by atoms with E-state index in [1.807, 2.05) is 68.4 Å². The molecule has 0 saturated heterocycles. The number of nitrogens with zero attached hydrogens (tertiary/aromatic N) is 1. The minimum absolute atomic E-state index is 0.0123. The van der Waals surface area contributed by atoms with Gasteiger partial charge < -0.3 is 15.0 Å². The van der Waals surface area contributed by atoms with Gasteiger partial charge in [-0.3, -0.25) is 9.59 Å². The number of halogens is 3. The molecule has 190 valence electrons. The number of carbonyl (C=O) groups is 2. The summed E-state index contributed by atoms with van der Waals surface area (Å²) in [5.74, 6) is 0.0198. The monoisotopic (exact) mass is 634 g/mol. The summed E-state index contributed by atoms with van der Waals surface area (Å²) in [6.07, 6.45) is 1.17. The first-order chi connectivity index (χ1) is 17.3. The molecule has 0 fully saturated rings. The van der Waals surface area contributed by atoms with Crippen LogP contribution < -0.4 is 10.1 Å². The third kappa shape index (κ3) is 8.36. The fourth-order valence-corrected chi connectivity index (χ4v) is 4.66. The average molecular weight is 637 g/mol. The third-order valence-corrected chi connectivity index (χ3v) is 7.17. The predicted molar refractivity (Wildman–Crippen MR) is 151 cm³/mol. The lowest BCUT2D eigenvalue weighted by atomic mass is 10.0. The summed E-state index contributed by atoms with van der Waals surface area (Å²) in [5, 5.41) is 3.62. The lowest BCUT2D eigenvalue weighted by Crippen LogP contribution is -2.53. The van der Waals surface area contributed by atoms with Crippen LogP contribution >= 0.6 is 43.5 Å². The van der Waals surface area contributed by atoms with Gasteiger partial charge >= 0.3 is 0 Å². The molecule has 1 N–H and O–H groups in total. The molecule has 0 aliphatic rings. The SMILES string of the molecule is CCC(C)NC(=O)C(Cc1ccccc1)N(Cc1ccc(Br)cc1)C(=O)COc1ccc(Cl)cc1Br. The van der Waals surface area contributed by atoms with Gasteiger partial charge in [0.05, 0.1) is 4.47 Å². The molecule has 0 aliphatic heterocycles. The smallest absolute Gasteiger partial charge is 0.261 e. The standard InChI is InChI=1S/C28H29Br2ClN2O3/c1-3-19(2)32-28(35)25(15-20-7-5-4-6-8-20)33(17-21-9-11-22(29)12-10-21)27(34)18-36-26-14-13-23(31)16-24(26)30/h4-14,16,19,25H,3,15,17-18H2,1-2H3,(H,32,35). The van der Waals surface area contributed by atoms with Crippen molar-refractivity contribution in [3.8, 4) is 5.75 Å². The molecule has 5 nitrogen and oxygen atoms in total. The first-order valence-electron chi connectivity index (χ1n) is 11.7. The van der Waals surface area contributed by atoms with E-state index in [9.17, 15) is 9.59 Å². The third-order valence-electron chi connectivity index (χ3n) is 5.78. The number of ether oxygens (including phenoxy) is 1. The molecule has 36 heavy (non-hydrogen) atoms. The Bertz CT molecular complexity index is 1160. The van der Waals surface area contributed by atoms with Gasteiger partial charge in [0.15, 0.2) is 6.61 Å². The molecule has 0 spiro atoms. The van der Waals surface area contributed by atoms with Crippen LogP contribution in [0.25, 0.3) is 0 Å². The summed E-state index contributed by atoms with van der Waals surface area (Å²) in [7, 11) is 0. The quantitative estimate of drug-likeness (QED) is 0.252. The van der Waals surface area contributed by atoms with Crippen molar-refractivity contribution in [1.82, 2.24) is 10.2 Å². The molecule has 0 heterocycles. The van der Waals surface area contributed by atoms with E-state index < -0.39 is 6.04 Å². The first-order valence-corrected chi connectivity index (χ1v) is 13.7. The highest BCUT2D eigenvalue weighted by atomic mass is 79.9. The summed E-state index contributed by atoms with van der Waals surface area (Å²) in [6, 6.07) is 21.8. The molecule has 0 bridgehead atoms. The molecule has 3 rings (SSSR count). The molecule has 3 aromatic carbocycles. The van der Waals surface area contributed by atoms with Crippen LogP contribution in [0, 0.1) is 0 Å². The number of amides is 2. The van der Waals surface area contributed by atoms with Crippen LogP contribution in [-0.4, -0.2) is 35.4 Å². The van der Waals surface area contributed by atoms with Crippen molar-refractivity contribution in [1.29, 1.82) is 0 Å². The fourth-order valence-electron chi connectivity index (χ4n) is 3.60. The zero-order chi connectivity index (χ0) is 26.1. The van der Waals surface area contributed by atoms with E-state index in [-0.39, 0.29) is 31.0 Å². The number of carbonyl (C=O) groups excluding carboxylic acids is 2. The Kier molecular flexibility index (Phi) is 10.8. The summed E-state index contributed by atoms with van der Waals surface area (Å²) in [5.41, 5.74) is 1.88. The maximum absolute atomic E-state index is 13.6. The van der Waals surface area contributed by atoms with Gasteiger partial charge in [-0.05, 0) is 70.7 Å². The topological polar surface area (TPSA) is 58.6 Å². The molecule has 3 aromatic rings. The van der Waals surface area contributed by atoms with E-state index in [4.69, 9.17) is 16.3 Å². The Balaban J connectivity index is 1.91. The van der Waals surface area contributed by atoms with Gasteiger partial charge in [0.2, 0.25) is 5.91 Å². The second-order valence-electron chi connectivity index (χ2n) is 8.53. The summed E-state index contributed by atoms with van der Waals surface area (Å²) < 4.78 is 7.43. The van der Waals surface area contributed by atoms with Crippen LogP contribution in [-0.2, 0) is 22.6 Å². The van der Waals surface area contributed by atoms with Gasteiger partial charge in [-0.15, -0.1) is 0 Å². The van der Waals surface area contributed by atoms with Gasteiger partial charge in [0, 0.05) is 28.5 Å².